The highest BCUT2D eigenvalue weighted by atomic mass is 14.9. The molecule has 0 radical (unpaired) electrons. The second-order valence-corrected chi connectivity index (χ2v) is 5.82. The van der Waals surface area contributed by atoms with Crippen LogP contribution in [0.25, 0.3) is 0 Å². The predicted octanol–water partition coefficient (Wildman–Crippen LogP) is 5.33. The Labute approximate surface area is 129 Å². The number of hydrogen-bond acceptors (Lipinski definition) is 1. The molecule has 0 heterocycles. The first kappa shape index (κ1) is 15.8. The molecule has 0 bridgehead atoms. The molecule has 1 atom stereocenters. The van der Waals surface area contributed by atoms with Gasteiger partial charge in [0.15, 0.2) is 0 Å². The average molecular weight is 281 g/mol. The van der Waals surface area contributed by atoms with Gasteiger partial charge in [-0.15, -0.1) is 0 Å². The third kappa shape index (κ3) is 5.02. The molecule has 0 aliphatic heterocycles. The maximum Gasteiger partial charge on any atom is 0.0578 e. The SMILES string of the molecule is CCCCCC(C)NC(c1ccccc1)c1ccccc1. The Morgan fingerprint density at radius 3 is 1.81 bits per heavy atom. The first-order chi connectivity index (χ1) is 10.3. The molecule has 0 aliphatic rings. The molecular formula is C20H27N. The topological polar surface area (TPSA) is 12.0 Å². The van der Waals surface area contributed by atoms with E-state index in [0.717, 1.165) is 0 Å². The first-order valence-corrected chi connectivity index (χ1v) is 8.17. The quantitative estimate of drug-likeness (QED) is 0.644. The van der Waals surface area contributed by atoms with Crippen LogP contribution in [0.15, 0.2) is 60.7 Å². The van der Waals surface area contributed by atoms with Crippen molar-refractivity contribution in [2.45, 2.75) is 51.6 Å². The number of benzene rings is 2. The van der Waals surface area contributed by atoms with Crippen LogP contribution < -0.4 is 5.32 Å². The molecule has 0 saturated carbocycles. The van der Waals surface area contributed by atoms with E-state index >= 15 is 0 Å². The van der Waals surface area contributed by atoms with Crippen molar-refractivity contribution in [3.05, 3.63) is 71.8 Å². The van der Waals surface area contributed by atoms with Crippen molar-refractivity contribution in [1.82, 2.24) is 5.32 Å². The molecule has 2 aromatic rings. The van der Waals surface area contributed by atoms with Gasteiger partial charge in [0, 0.05) is 6.04 Å². The Balaban J connectivity index is 2.10. The Morgan fingerprint density at radius 1 is 0.810 bits per heavy atom. The molecule has 0 saturated heterocycles. The standard InChI is InChI=1S/C20H27N/c1-3-4-7-12-17(2)21-20(18-13-8-5-9-14-18)19-15-10-6-11-16-19/h5-6,8-11,13-17,20-21H,3-4,7,12H2,1-2H3. The van der Waals surface area contributed by atoms with Crippen LogP contribution in [-0.2, 0) is 0 Å². The molecule has 0 fully saturated rings. The second kappa shape index (κ2) is 8.63. The van der Waals surface area contributed by atoms with Gasteiger partial charge in [0.2, 0.25) is 0 Å². The Morgan fingerprint density at radius 2 is 1.33 bits per heavy atom. The number of rotatable bonds is 8. The van der Waals surface area contributed by atoms with Gasteiger partial charge in [-0.1, -0.05) is 86.8 Å². The molecule has 21 heavy (non-hydrogen) atoms. The Hall–Kier alpha value is -1.60. The summed E-state index contributed by atoms with van der Waals surface area (Å²) < 4.78 is 0. The van der Waals surface area contributed by atoms with E-state index in [1.165, 1.54) is 36.8 Å². The zero-order valence-electron chi connectivity index (χ0n) is 13.3. The van der Waals surface area contributed by atoms with E-state index in [4.69, 9.17) is 0 Å². The van der Waals surface area contributed by atoms with Crippen molar-refractivity contribution < 1.29 is 0 Å². The summed E-state index contributed by atoms with van der Waals surface area (Å²) >= 11 is 0. The van der Waals surface area contributed by atoms with Gasteiger partial charge in [-0.05, 0) is 24.5 Å². The predicted molar refractivity (Wildman–Crippen MR) is 91.5 cm³/mol. The summed E-state index contributed by atoms with van der Waals surface area (Å²) in [6, 6.07) is 22.3. The van der Waals surface area contributed by atoms with Gasteiger partial charge in [0.05, 0.1) is 6.04 Å². The summed E-state index contributed by atoms with van der Waals surface area (Å²) in [7, 11) is 0. The van der Waals surface area contributed by atoms with Gasteiger partial charge < -0.3 is 5.32 Å². The summed E-state index contributed by atoms with van der Waals surface area (Å²) in [5.74, 6) is 0. The lowest BCUT2D eigenvalue weighted by atomic mass is 9.97. The maximum absolute atomic E-state index is 3.81. The molecule has 112 valence electrons. The highest BCUT2D eigenvalue weighted by Crippen LogP contribution is 2.23. The van der Waals surface area contributed by atoms with Crippen LogP contribution in [0.2, 0.25) is 0 Å². The monoisotopic (exact) mass is 281 g/mol. The van der Waals surface area contributed by atoms with Crippen LogP contribution >= 0.6 is 0 Å². The number of nitrogens with one attached hydrogen (secondary N) is 1. The van der Waals surface area contributed by atoms with Gasteiger partial charge in [-0.25, -0.2) is 0 Å². The third-order valence-electron chi connectivity index (χ3n) is 3.96. The van der Waals surface area contributed by atoms with Crippen molar-refractivity contribution >= 4 is 0 Å². The third-order valence-corrected chi connectivity index (χ3v) is 3.96. The molecule has 1 N–H and O–H groups in total. The van der Waals surface area contributed by atoms with E-state index < -0.39 is 0 Å². The van der Waals surface area contributed by atoms with E-state index in [0.29, 0.717) is 6.04 Å². The van der Waals surface area contributed by atoms with E-state index in [9.17, 15) is 0 Å². The van der Waals surface area contributed by atoms with Crippen molar-refractivity contribution in [3.63, 3.8) is 0 Å². The lowest BCUT2D eigenvalue weighted by molar-refractivity contribution is 0.454. The molecule has 0 spiro atoms. The van der Waals surface area contributed by atoms with Crippen LogP contribution in [0.1, 0.15) is 56.7 Å². The van der Waals surface area contributed by atoms with E-state index in [-0.39, 0.29) is 6.04 Å². The molecule has 2 rings (SSSR count). The van der Waals surface area contributed by atoms with Gasteiger partial charge in [0.25, 0.3) is 0 Å². The first-order valence-electron chi connectivity index (χ1n) is 8.17. The summed E-state index contributed by atoms with van der Waals surface area (Å²) in [5, 5.41) is 3.81. The van der Waals surface area contributed by atoms with Crippen LogP contribution in [0.5, 0.6) is 0 Å². The van der Waals surface area contributed by atoms with Gasteiger partial charge in [-0.3, -0.25) is 0 Å². The van der Waals surface area contributed by atoms with Crippen LogP contribution in [0, 0.1) is 0 Å². The van der Waals surface area contributed by atoms with Gasteiger partial charge in [0.1, 0.15) is 0 Å². The van der Waals surface area contributed by atoms with Gasteiger partial charge >= 0.3 is 0 Å². The number of unbranched alkanes of at least 4 members (excludes halogenated alkanes) is 2. The van der Waals surface area contributed by atoms with Crippen molar-refractivity contribution in [3.8, 4) is 0 Å². The zero-order valence-corrected chi connectivity index (χ0v) is 13.3. The molecule has 2 aromatic carbocycles. The van der Waals surface area contributed by atoms with Crippen molar-refractivity contribution in [2.24, 2.45) is 0 Å². The normalized spacial score (nSPS) is 12.5. The van der Waals surface area contributed by atoms with E-state index in [1.807, 2.05) is 0 Å². The minimum Gasteiger partial charge on any atom is -0.304 e. The Kier molecular flexibility index (Phi) is 6.49. The lowest BCUT2D eigenvalue weighted by Gasteiger charge is -2.24. The molecule has 0 amide bonds. The summed E-state index contributed by atoms with van der Waals surface area (Å²) in [6.45, 7) is 4.56. The van der Waals surface area contributed by atoms with Crippen LogP contribution in [0.3, 0.4) is 0 Å². The van der Waals surface area contributed by atoms with Crippen molar-refractivity contribution in [1.29, 1.82) is 0 Å². The highest BCUT2D eigenvalue weighted by molar-refractivity contribution is 5.31. The molecule has 1 nitrogen and oxygen atoms in total. The smallest absolute Gasteiger partial charge is 0.0578 e. The van der Waals surface area contributed by atoms with Crippen molar-refractivity contribution in [2.75, 3.05) is 0 Å². The highest BCUT2D eigenvalue weighted by Gasteiger charge is 2.15. The molecular weight excluding hydrogens is 254 g/mol. The minimum absolute atomic E-state index is 0.282. The number of hydrogen-bond donors (Lipinski definition) is 1. The summed E-state index contributed by atoms with van der Waals surface area (Å²) in [4.78, 5) is 0. The molecule has 1 heteroatoms. The maximum atomic E-state index is 3.81. The fourth-order valence-electron chi connectivity index (χ4n) is 2.74. The molecule has 0 aliphatic carbocycles. The molecule has 0 aromatic heterocycles. The zero-order chi connectivity index (χ0) is 14.9. The van der Waals surface area contributed by atoms with Crippen LogP contribution in [-0.4, -0.2) is 6.04 Å². The van der Waals surface area contributed by atoms with E-state index in [1.54, 1.807) is 0 Å². The minimum atomic E-state index is 0.282. The van der Waals surface area contributed by atoms with Crippen LogP contribution in [0.4, 0.5) is 0 Å². The van der Waals surface area contributed by atoms with E-state index in [2.05, 4.69) is 79.8 Å². The largest absolute Gasteiger partial charge is 0.304 e. The fourth-order valence-corrected chi connectivity index (χ4v) is 2.74. The van der Waals surface area contributed by atoms with Gasteiger partial charge in [-0.2, -0.15) is 0 Å². The second-order valence-electron chi connectivity index (χ2n) is 5.82. The summed E-state index contributed by atoms with van der Waals surface area (Å²) in [5.41, 5.74) is 2.68. The summed E-state index contributed by atoms with van der Waals surface area (Å²) in [6.07, 6.45) is 5.16. The Bertz CT molecular complexity index is 452. The molecule has 1 unspecified atom stereocenters. The average Bonchev–Trinajstić information content (AvgIpc) is 2.54. The lowest BCUT2D eigenvalue weighted by Crippen LogP contribution is -2.31. The fraction of sp³-hybridized carbons (Fsp3) is 0.400.